The van der Waals surface area contributed by atoms with Crippen LogP contribution in [0.15, 0.2) is 54.6 Å². The molecule has 0 fully saturated rings. The normalized spacial score (nSPS) is 12.0. The van der Waals surface area contributed by atoms with E-state index in [0.29, 0.717) is 0 Å². The van der Waals surface area contributed by atoms with Crippen molar-refractivity contribution in [2.75, 3.05) is 33.2 Å². The molecule has 5 heteroatoms. The zero-order valence-electron chi connectivity index (χ0n) is 21.0. The Labute approximate surface area is 233 Å². The fraction of sp³-hybridized carbons (Fsp3) is 0.379. The van der Waals surface area contributed by atoms with Crippen LogP contribution < -0.4 is 14.8 Å². The Balaban J connectivity index is 2.44. The summed E-state index contributed by atoms with van der Waals surface area (Å²) in [5.41, 5.74) is 5.00. The summed E-state index contributed by atoms with van der Waals surface area (Å²) in [6.07, 6.45) is 7.46. The topological polar surface area (TPSA) is 18.5 Å². The molecule has 0 aliphatic carbocycles. The van der Waals surface area contributed by atoms with E-state index in [4.69, 9.17) is 9.47 Å². The number of ether oxygens (including phenoxy) is 2. The first-order chi connectivity index (χ1) is 16.4. The van der Waals surface area contributed by atoms with Gasteiger partial charge in [0, 0.05) is 0 Å². The molecular formula is C29H37I2O2P. The van der Waals surface area contributed by atoms with Crippen LogP contribution in [-0.4, -0.2) is 33.2 Å². The van der Waals surface area contributed by atoms with Crippen molar-refractivity contribution in [2.24, 2.45) is 0 Å². The molecule has 0 aliphatic heterocycles. The van der Waals surface area contributed by atoms with E-state index in [-0.39, 0.29) is 0 Å². The summed E-state index contributed by atoms with van der Waals surface area (Å²) >= 11 is 4.95. The molecule has 2 nitrogen and oxygen atoms in total. The SMILES string of the molecule is CCCC[PH](C)(CCCC)c1c(OC)ccc(OC)c1-c1c(I)cc(I)cc1-c1ccccc1. The van der Waals surface area contributed by atoms with Gasteiger partial charge in [-0.3, -0.25) is 0 Å². The molecule has 0 bridgehead atoms. The van der Waals surface area contributed by atoms with Gasteiger partial charge in [-0.05, 0) is 0 Å². The molecule has 3 aromatic carbocycles. The molecule has 0 saturated heterocycles. The van der Waals surface area contributed by atoms with Crippen LogP contribution in [0.2, 0.25) is 0 Å². The van der Waals surface area contributed by atoms with Crippen molar-refractivity contribution in [3.05, 3.63) is 61.7 Å². The molecule has 0 N–H and O–H groups in total. The Morgan fingerprint density at radius 3 is 1.91 bits per heavy atom. The Hall–Kier alpha value is -0.850. The number of halogens is 2. The number of hydrogen-bond donors (Lipinski definition) is 0. The molecule has 0 unspecified atom stereocenters. The van der Waals surface area contributed by atoms with Crippen LogP contribution >= 0.6 is 52.4 Å². The molecular weight excluding hydrogens is 665 g/mol. The molecule has 0 atom stereocenters. The Morgan fingerprint density at radius 1 is 0.765 bits per heavy atom. The van der Waals surface area contributed by atoms with E-state index >= 15 is 0 Å². The van der Waals surface area contributed by atoms with Crippen molar-refractivity contribution in [1.82, 2.24) is 0 Å². The zero-order valence-corrected chi connectivity index (χ0v) is 26.3. The molecule has 3 rings (SSSR count). The number of unbranched alkanes of at least 4 members (excludes halogenated alkanes) is 2. The average Bonchev–Trinajstić information content (AvgIpc) is 2.85. The fourth-order valence-electron chi connectivity index (χ4n) is 4.93. The first-order valence-electron chi connectivity index (χ1n) is 12.2. The van der Waals surface area contributed by atoms with E-state index in [9.17, 15) is 0 Å². The van der Waals surface area contributed by atoms with Crippen LogP contribution in [0.5, 0.6) is 11.5 Å². The first-order valence-corrected chi connectivity index (χ1v) is 17.3. The summed E-state index contributed by atoms with van der Waals surface area (Å²) in [7, 11) is 1.74. The summed E-state index contributed by atoms with van der Waals surface area (Å²) in [6.45, 7) is 7.17. The van der Waals surface area contributed by atoms with Gasteiger partial charge in [-0.1, -0.05) is 0 Å². The van der Waals surface area contributed by atoms with Gasteiger partial charge < -0.3 is 0 Å². The fourth-order valence-corrected chi connectivity index (χ4v) is 11.7. The van der Waals surface area contributed by atoms with Crippen molar-refractivity contribution < 1.29 is 9.47 Å². The van der Waals surface area contributed by atoms with Gasteiger partial charge in [-0.2, -0.15) is 0 Å². The van der Waals surface area contributed by atoms with Gasteiger partial charge in [0.2, 0.25) is 0 Å². The molecule has 0 heterocycles. The molecule has 34 heavy (non-hydrogen) atoms. The molecule has 0 aromatic heterocycles. The third kappa shape index (κ3) is 6.10. The maximum absolute atomic E-state index is 6.10. The Bertz CT molecular complexity index is 1090. The van der Waals surface area contributed by atoms with E-state index < -0.39 is 7.26 Å². The monoisotopic (exact) mass is 702 g/mol. The summed E-state index contributed by atoms with van der Waals surface area (Å²) in [5.74, 6) is 1.96. The van der Waals surface area contributed by atoms with Crippen LogP contribution in [0.25, 0.3) is 22.3 Å². The summed E-state index contributed by atoms with van der Waals surface area (Å²) in [6, 6.07) is 19.6. The van der Waals surface area contributed by atoms with Gasteiger partial charge in [0.25, 0.3) is 0 Å². The van der Waals surface area contributed by atoms with Crippen molar-refractivity contribution in [3.8, 4) is 33.8 Å². The van der Waals surface area contributed by atoms with Crippen LogP contribution in [0.4, 0.5) is 0 Å². The van der Waals surface area contributed by atoms with Gasteiger partial charge in [-0.15, -0.1) is 0 Å². The summed E-state index contributed by atoms with van der Waals surface area (Å²) in [5, 5.41) is 1.42. The molecule has 184 valence electrons. The average molecular weight is 702 g/mol. The van der Waals surface area contributed by atoms with E-state index in [2.05, 4.69) is 120 Å². The summed E-state index contributed by atoms with van der Waals surface area (Å²) in [4.78, 5) is 0. The van der Waals surface area contributed by atoms with Crippen LogP contribution in [0, 0.1) is 7.14 Å². The second kappa shape index (κ2) is 12.9. The Morgan fingerprint density at radius 2 is 1.35 bits per heavy atom. The molecule has 0 saturated carbocycles. The third-order valence-corrected chi connectivity index (χ3v) is 12.8. The van der Waals surface area contributed by atoms with Crippen molar-refractivity contribution in [1.29, 1.82) is 0 Å². The number of benzene rings is 3. The molecule has 0 spiro atoms. The van der Waals surface area contributed by atoms with Gasteiger partial charge in [0.15, 0.2) is 0 Å². The van der Waals surface area contributed by atoms with Crippen molar-refractivity contribution in [2.45, 2.75) is 39.5 Å². The van der Waals surface area contributed by atoms with E-state index in [1.54, 1.807) is 7.11 Å². The predicted molar refractivity (Wildman–Crippen MR) is 169 cm³/mol. The third-order valence-electron chi connectivity index (χ3n) is 6.73. The molecule has 0 radical (unpaired) electrons. The van der Waals surface area contributed by atoms with E-state index in [1.807, 2.05) is 7.11 Å². The standard InChI is InChI=1S/C29H37I2O2P/c1-6-8-17-34(5,18-9-7-2)29-26(33-4)16-15-25(32-3)28(29)27-23(19-22(30)20-24(27)31)21-13-11-10-12-14-21/h10-16,19-20,34H,6-9,17-18H2,1-5H3. The maximum atomic E-state index is 6.10. The molecule has 0 amide bonds. The minimum atomic E-state index is -1.88. The number of methoxy groups -OCH3 is 2. The van der Waals surface area contributed by atoms with E-state index in [0.717, 1.165) is 11.5 Å². The summed E-state index contributed by atoms with van der Waals surface area (Å²) < 4.78 is 14.7. The van der Waals surface area contributed by atoms with Gasteiger partial charge >= 0.3 is 235 Å². The Kier molecular flexibility index (Phi) is 10.5. The second-order valence-electron chi connectivity index (χ2n) is 9.16. The number of hydrogen-bond acceptors (Lipinski definition) is 2. The van der Waals surface area contributed by atoms with Gasteiger partial charge in [-0.25, -0.2) is 0 Å². The minimum absolute atomic E-state index is 0.943. The first kappa shape index (κ1) is 27.7. The van der Waals surface area contributed by atoms with Crippen LogP contribution in [0.1, 0.15) is 39.5 Å². The molecule has 0 aliphatic rings. The van der Waals surface area contributed by atoms with Crippen molar-refractivity contribution >= 4 is 57.7 Å². The van der Waals surface area contributed by atoms with Gasteiger partial charge in [0.05, 0.1) is 0 Å². The second-order valence-corrected chi connectivity index (χ2v) is 16.2. The van der Waals surface area contributed by atoms with Gasteiger partial charge in [0.1, 0.15) is 0 Å². The quantitative estimate of drug-likeness (QED) is 0.147. The van der Waals surface area contributed by atoms with E-state index in [1.165, 1.54) is 72.7 Å². The van der Waals surface area contributed by atoms with Crippen molar-refractivity contribution in [3.63, 3.8) is 0 Å². The number of rotatable bonds is 11. The zero-order chi connectivity index (χ0) is 24.7. The predicted octanol–water partition coefficient (Wildman–Crippen LogP) is 8.85. The van der Waals surface area contributed by atoms with Crippen LogP contribution in [-0.2, 0) is 0 Å². The molecule has 3 aromatic rings. The van der Waals surface area contributed by atoms with Crippen LogP contribution in [0.3, 0.4) is 0 Å².